The van der Waals surface area contributed by atoms with Gasteiger partial charge in [0, 0.05) is 19.3 Å². The molecule has 0 aromatic carbocycles. The molecule has 1 aliphatic rings. The first kappa shape index (κ1) is 16.2. The predicted octanol–water partition coefficient (Wildman–Crippen LogP) is 2.92. The van der Waals surface area contributed by atoms with Crippen LogP contribution in [0.3, 0.4) is 0 Å². The van der Waals surface area contributed by atoms with Crippen molar-refractivity contribution in [2.75, 3.05) is 19.4 Å². The second-order valence-electron chi connectivity index (χ2n) is 6.09. The molecule has 0 radical (unpaired) electrons. The smallest absolute Gasteiger partial charge is 0.126 e. The van der Waals surface area contributed by atoms with E-state index in [2.05, 4.69) is 23.3 Å². The number of hydrogen-bond acceptors (Lipinski definition) is 4. The highest BCUT2D eigenvalue weighted by Gasteiger charge is 2.39. The van der Waals surface area contributed by atoms with Gasteiger partial charge in [0.15, 0.2) is 0 Å². The Labute approximate surface area is 128 Å². The Morgan fingerprint density at radius 2 is 2.14 bits per heavy atom. The van der Waals surface area contributed by atoms with Crippen LogP contribution < -0.4 is 11.1 Å². The van der Waals surface area contributed by atoms with E-state index in [1.165, 1.54) is 19.3 Å². The minimum Gasteiger partial charge on any atom is -0.383 e. The Morgan fingerprint density at radius 1 is 1.38 bits per heavy atom. The Morgan fingerprint density at radius 3 is 2.76 bits per heavy atom. The van der Waals surface area contributed by atoms with Gasteiger partial charge in [-0.2, -0.15) is 0 Å². The summed E-state index contributed by atoms with van der Waals surface area (Å²) >= 11 is 0. The number of anilines is 1. The minimum absolute atomic E-state index is 0.0598. The molecule has 0 spiro atoms. The van der Waals surface area contributed by atoms with Crippen LogP contribution in [0.25, 0.3) is 0 Å². The minimum atomic E-state index is -0.0598. The van der Waals surface area contributed by atoms with Crippen LogP contribution in [-0.4, -0.2) is 30.3 Å². The van der Waals surface area contributed by atoms with Gasteiger partial charge in [-0.05, 0) is 43.9 Å². The topological polar surface area (TPSA) is 60.2 Å². The lowest BCUT2D eigenvalue weighted by atomic mass is 9.77. The third-order valence-corrected chi connectivity index (χ3v) is 4.73. The zero-order chi connectivity index (χ0) is 15.1. The van der Waals surface area contributed by atoms with E-state index < -0.39 is 0 Å². The molecule has 2 rings (SSSR count). The highest BCUT2D eigenvalue weighted by Crippen LogP contribution is 2.35. The van der Waals surface area contributed by atoms with Gasteiger partial charge >= 0.3 is 0 Å². The first-order valence-electron chi connectivity index (χ1n) is 8.20. The number of ether oxygens (including phenoxy) is 1. The SMILES string of the molecule is CCCNC(Cc1cccnc1N)C1(OC)CCCCC1. The number of aromatic nitrogens is 1. The Bertz CT molecular complexity index is 430. The van der Waals surface area contributed by atoms with Gasteiger partial charge < -0.3 is 15.8 Å². The molecule has 1 saturated carbocycles. The maximum absolute atomic E-state index is 6.03. The first-order chi connectivity index (χ1) is 10.2. The summed E-state index contributed by atoms with van der Waals surface area (Å²) in [6, 6.07) is 4.34. The van der Waals surface area contributed by atoms with Gasteiger partial charge in [0.1, 0.15) is 5.82 Å². The fourth-order valence-corrected chi connectivity index (χ4v) is 3.45. The van der Waals surface area contributed by atoms with E-state index in [-0.39, 0.29) is 5.60 Å². The van der Waals surface area contributed by atoms with Crippen LogP contribution in [0.15, 0.2) is 18.3 Å². The van der Waals surface area contributed by atoms with E-state index in [1.807, 2.05) is 13.2 Å². The van der Waals surface area contributed by atoms with E-state index in [0.717, 1.165) is 37.8 Å². The summed E-state index contributed by atoms with van der Waals surface area (Å²) in [5.74, 6) is 0.642. The molecule has 0 amide bonds. The number of methoxy groups -OCH3 is 1. The summed E-state index contributed by atoms with van der Waals surface area (Å²) in [4.78, 5) is 4.22. The second-order valence-corrected chi connectivity index (χ2v) is 6.09. The number of hydrogen-bond donors (Lipinski definition) is 2. The number of nitrogen functional groups attached to an aromatic ring is 1. The van der Waals surface area contributed by atoms with Crippen molar-refractivity contribution in [3.63, 3.8) is 0 Å². The maximum atomic E-state index is 6.03. The zero-order valence-corrected chi connectivity index (χ0v) is 13.4. The van der Waals surface area contributed by atoms with Crippen molar-refractivity contribution in [2.45, 2.75) is 63.5 Å². The van der Waals surface area contributed by atoms with E-state index in [4.69, 9.17) is 10.5 Å². The maximum Gasteiger partial charge on any atom is 0.126 e. The van der Waals surface area contributed by atoms with Crippen LogP contribution in [0.4, 0.5) is 5.82 Å². The van der Waals surface area contributed by atoms with Crippen molar-refractivity contribution in [3.8, 4) is 0 Å². The quantitative estimate of drug-likeness (QED) is 0.811. The van der Waals surface area contributed by atoms with Crippen LogP contribution in [-0.2, 0) is 11.2 Å². The summed E-state index contributed by atoms with van der Waals surface area (Å²) < 4.78 is 6.03. The van der Waals surface area contributed by atoms with Crippen LogP contribution in [0, 0.1) is 0 Å². The lowest BCUT2D eigenvalue weighted by Crippen LogP contribution is -2.54. The molecule has 4 nitrogen and oxygen atoms in total. The molecule has 0 aliphatic heterocycles. The fourth-order valence-electron chi connectivity index (χ4n) is 3.45. The van der Waals surface area contributed by atoms with E-state index >= 15 is 0 Å². The highest BCUT2D eigenvalue weighted by molar-refractivity contribution is 5.39. The lowest BCUT2D eigenvalue weighted by molar-refractivity contribution is -0.0672. The highest BCUT2D eigenvalue weighted by atomic mass is 16.5. The van der Waals surface area contributed by atoms with Crippen molar-refractivity contribution in [1.82, 2.24) is 10.3 Å². The molecule has 3 N–H and O–H groups in total. The van der Waals surface area contributed by atoms with Crippen LogP contribution in [0.2, 0.25) is 0 Å². The summed E-state index contributed by atoms with van der Waals surface area (Å²) in [5.41, 5.74) is 7.09. The van der Waals surface area contributed by atoms with E-state index in [1.54, 1.807) is 6.20 Å². The average Bonchev–Trinajstić information content (AvgIpc) is 2.53. The van der Waals surface area contributed by atoms with E-state index in [9.17, 15) is 0 Å². The van der Waals surface area contributed by atoms with Crippen LogP contribution in [0.1, 0.15) is 51.0 Å². The van der Waals surface area contributed by atoms with Crippen molar-refractivity contribution >= 4 is 5.82 Å². The Balaban J connectivity index is 2.18. The molecule has 118 valence electrons. The molecule has 0 bridgehead atoms. The summed E-state index contributed by atoms with van der Waals surface area (Å²) in [6.45, 7) is 3.21. The first-order valence-corrected chi connectivity index (χ1v) is 8.20. The summed E-state index contributed by atoms with van der Waals surface area (Å²) in [5, 5.41) is 3.70. The molecule has 1 atom stereocenters. The third-order valence-electron chi connectivity index (χ3n) is 4.73. The zero-order valence-electron chi connectivity index (χ0n) is 13.4. The van der Waals surface area contributed by atoms with Crippen molar-refractivity contribution in [3.05, 3.63) is 23.9 Å². The second kappa shape index (κ2) is 7.76. The predicted molar refractivity (Wildman–Crippen MR) is 87.3 cm³/mol. The monoisotopic (exact) mass is 291 g/mol. The van der Waals surface area contributed by atoms with Gasteiger partial charge in [-0.25, -0.2) is 4.98 Å². The van der Waals surface area contributed by atoms with Gasteiger partial charge in [-0.1, -0.05) is 32.3 Å². The molecule has 1 heterocycles. The van der Waals surface area contributed by atoms with Gasteiger partial charge in [0.05, 0.1) is 5.60 Å². The molecule has 4 heteroatoms. The average molecular weight is 291 g/mol. The molecule has 1 fully saturated rings. The van der Waals surface area contributed by atoms with Gasteiger partial charge in [0.2, 0.25) is 0 Å². The Hall–Kier alpha value is -1.13. The van der Waals surface area contributed by atoms with Gasteiger partial charge in [-0.3, -0.25) is 0 Å². The molecule has 0 saturated heterocycles. The molecule has 21 heavy (non-hydrogen) atoms. The molecule has 1 aliphatic carbocycles. The number of nitrogens with zero attached hydrogens (tertiary/aromatic N) is 1. The fraction of sp³-hybridized carbons (Fsp3) is 0.706. The molecular formula is C17H29N3O. The summed E-state index contributed by atoms with van der Waals surface area (Å²) in [6.07, 6.45) is 9.84. The molecule has 1 unspecified atom stereocenters. The molecular weight excluding hydrogens is 262 g/mol. The van der Waals surface area contributed by atoms with Crippen LogP contribution in [0.5, 0.6) is 0 Å². The largest absolute Gasteiger partial charge is 0.383 e. The van der Waals surface area contributed by atoms with Crippen LogP contribution >= 0.6 is 0 Å². The molecule has 1 aromatic heterocycles. The number of nitrogens with one attached hydrogen (secondary N) is 1. The lowest BCUT2D eigenvalue weighted by Gasteiger charge is -2.43. The normalized spacial score (nSPS) is 19.3. The third kappa shape index (κ3) is 3.95. The van der Waals surface area contributed by atoms with Gasteiger partial charge in [-0.15, -0.1) is 0 Å². The molecule has 1 aromatic rings. The van der Waals surface area contributed by atoms with Crippen molar-refractivity contribution in [2.24, 2.45) is 0 Å². The van der Waals surface area contributed by atoms with Gasteiger partial charge in [0.25, 0.3) is 0 Å². The number of nitrogens with two attached hydrogens (primary N) is 1. The Kier molecular flexibility index (Phi) is 6.00. The summed E-state index contributed by atoms with van der Waals surface area (Å²) in [7, 11) is 1.86. The standard InChI is InChI=1S/C17H29N3O/c1-3-11-19-15(13-14-8-7-12-20-16(14)18)17(21-2)9-5-4-6-10-17/h7-8,12,15,19H,3-6,9-11,13H2,1-2H3,(H2,18,20). The number of pyridine rings is 1. The van der Waals surface area contributed by atoms with Crippen molar-refractivity contribution < 1.29 is 4.74 Å². The van der Waals surface area contributed by atoms with E-state index in [0.29, 0.717) is 11.9 Å². The number of rotatable bonds is 7. The van der Waals surface area contributed by atoms with Crippen molar-refractivity contribution in [1.29, 1.82) is 0 Å².